The van der Waals surface area contributed by atoms with Crippen molar-refractivity contribution >= 4 is 22.6 Å². The zero-order valence-electron chi connectivity index (χ0n) is 22.5. The van der Waals surface area contributed by atoms with Gasteiger partial charge < -0.3 is 19.3 Å². The summed E-state index contributed by atoms with van der Waals surface area (Å²) in [6, 6.07) is 16.8. The number of β-amino-alcohol motifs (C(OH)–C–C–N with tert-alkyl or cyclic N) is 1. The number of piperazine rings is 1. The number of imide groups is 1. The Morgan fingerprint density at radius 1 is 0.821 bits per heavy atom. The van der Waals surface area contributed by atoms with Gasteiger partial charge in [-0.2, -0.15) is 0 Å². The molecule has 1 fully saturated rings. The smallest absolute Gasteiger partial charge is 0.261 e. The SMILES string of the molecule is COc1ccc(COC[C@H](O)CN2CCN(CCN3C(=O)c4cccc5cccc(c45)C3=O)CC2)cc1OC. The van der Waals surface area contributed by atoms with Crippen LogP contribution in [0, 0.1) is 0 Å². The van der Waals surface area contributed by atoms with Gasteiger partial charge in [0.15, 0.2) is 11.5 Å². The molecule has 0 aliphatic carbocycles. The van der Waals surface area contributed by atoms with Gasteiger partial charge in [0.1, 0.15) is 0 Å². The van der Waals surface area contributed by atoms with Gasteiger partial charge in [0.25, 0.3) is 11.8 Å². The summed E-state index contributed by atoms with van der Waals surface area (Å²) in [4.78, 5) is 32.1. The van der Waals surface area contributed by atoms with E-state index in [9.17, 15) is 14.7 Å². The van der Waals surface area contributed by atoms with E-state index in [1.807, 2.05) is 42.5 Å². The monoisotopic (exact) mass is 533 g/mol. The number of carbonyl (C=O) groups excluding carboxylic acids is 2. The zero-order chi connectivity index (χ0) is 27.4. The largest absolute Gasteiger partial charge is 0.493 e. The fourth-order valence-corrected chi connectivity index (χ4v) is 5.35. The summed E-state index contributed by atoms with van der Waals surface area (Å²) >= 11 is 0. The van der Waals surface area contributed by atoms with E-state index in [4.69, 9.17) is 14.2 Å². The van der Waals surface area contributed by atoms with Crippen LogP contribution in [-0.2, 0) is 11.3 Å². The van der Waals surface area contributed by atoms with Crippen LogP contribution in [0.25, 0.3) is 10.8 Å². The van der Waals surface area contributed by atoms with Crippen LogP contribution in [0.2, 0.25) is 0 Å². The molecule has 39 heavy (non-hydrogen) atoms. The molecule has 1 saturated heterocycles. The molecule has 0 aromatic heterocycles. The lowest BCUT2D eigenvalue weighted by Crippen LogP contribution is -2.51. The number of aliphatic hydroxyl groups is 1. The average molecular weight is 534 g/mol. The molecule has 5 rings (SSSR count). The summed E-state index contributed by atoms with van der Waals surface area (Å²) in [5.74, 6) is 0.865. The lowest BCUT2D eigenvalue weighted by molar-refractivity contribution is 0.000925. The quantitative estimate of drug-likeness (QED) is 0.376. The zero-order valence-corrected chi connectivity index (χ0v) is 22.5. The van der Waals surface area contributed by atoms with Gasteiger partial charge in [-0.15, -0.1) is 0 Å². The van der Waals surface area contributed by atoms with Gasteiger partial charge in [-0.1, -0.05) is 30.3 Å². The number of hydrogen-bond acceptors (Lipinski definition) is 8. The van der Waals surface area contributed by atoms with Gasteiger partial charge in [-0.3, -0.25) is 24.3 Å². The molecule has 0 unspecified atom stereocenters. The van der Waals surface area contributed by atoms with Crippen LogP contribution in [0.5, 0.6) is 11.5 Å². The van der Waals surface area contributed by atoms with Crippen LogP contribution >= 0.6 is 0 Å². The predicted octanol–water partition coefficient (Wildman–Crippen LogP) is 2.65. The second-order valence-corrected chi connectivity index (χ2v) is 9.97. The van der Waals surface area contributed by atoms with Crippen molar-refractivity contribution in [3.05, 3.63) is 71.3 Å². The molecule has 0 radical (unpaired) electrons. The normalized spacial score (nSPS) is 17.1. The lowest BCUT2D eigenvalue weighted by Gasteiger charge is -2.36. The van der Waals surface area contributed by atoms with Crippen molar-refractivity contribution in [3.63, 3.8) is 0 Å². The highest BCUT2D eigenvalue weighted by Crippen LogP contribution is 2.30. The summed E-state index contributed by atoms with van der Waals surface area (Å²) in [6.45, 7) is 5.34. The maximum absolute atomic E-state index is 13.1. The molecule has 1 atom stereocenters. The molecule has 0 bridgehead atoms. The summed E-state index contributed by atoms with van der Waals surface area (Å²) in [5.41, 5.74) is 2.13. The maximum Gasteiger partial charge on any atom is 0.261 e. The van der Waals surface area contributed by atoms with Crippen LogP contribution in [0.15, 0.2) is 54.6 Å². The van der Waals surface area contributed by atoms with E-state index >= 15 is 0 Å². The first kappa shape index (κ1) is 27.1. The van der Waals surface area contributed by atoms with E-state index in [-0.39, 0.29) is 18.4 Å². The highest BCUT2D eigenvalue weighted by atomic mass is 16.5. The molecule has 3 aromatic rings. The summed E-state index contributed by atoms with van der Waals surface area (Å²) in [5, 5.41) is 12.2. The Morgan fingerprint density at radius 3 is 2.10 bits per heavy atom. The fourth-order valence-electron chi connectivity index (χ4n) is 5.35. The van der Waals surface area contributed by atoms with E-state index in [1.54, 1.807) is 26.4 Å². The number of hydrogen-bond donors (Lipinski definition) is 1. The van der Waals surface area contributed by atoms with Gasteiger partial charge in [0, 0.05) is 62.3 Å². The number of methoxy groups -OCH3 is 2. The number of nitrogens with zero attached hydrogens (tertiary/aromatic N) is 3. The summed E-state index contributed by atoms with van der Waals surface area (Å²) in [6.07, 6.45) is -0.594. The molecule has 2 amide bonds. The van der Waals surface area contributed by atoms with Crippen molar-refractivity contribution < 1.29 is 28.9 Å². The number of ether oxygens (including phenoxy) is 3. The topological polar surface area (TPSA) is 91.8 Å². The Morgan fingerprint density at radius 2 is 1.46 bits per heavy atom. The fraction of sp³-hybridized carbons (Fsp3) is 0.400. The first-order valence-electron chi connectivity index (χ1n) is 13.3. The molecule has 3 aromatic carbocycles. The van der Waals surface area contributed by atoms with Crippen molar-refractivity contribution in [2.75, 3.05) is 66.6 Å². The average Bonchev–Trinajstić information content (AvgIpc) is 2.96. The van der Waals surface area contributed by atoms with Gasteiger partial charge in [-0.05, 0) is 35.2 Å². The third-order valence-corrected chi connectivity index (χ3v) is 7.46. The van der Waals surface area contributed by atoms with E-state index in [1.165, 1.54) is 4.90 Å². The van der Waals surface area contributed by atoms with Gasteiger partial charge in [0.05, 0.1) is 33.5 Å². The number of carbonyl (C=O) groups is 2. The van der Waals surface area contributed by atoms with Crippen LogP contribution in [0.4, 0.5) is 0 Å². The van der Waals surface area contributed by atoms with Crippen molar-refractivity contribution in [3.8, 4) is 11.5 Å². The molecule has 206 valence electrons. The van der Waals surface area contributed by atoms with Crippen LogP contribution in [0.3, 0.4) is 0 Å². The number of benzene rings is 3. The molecule has 0 saturated carbocycles. The van der Waals surface area contributed by atoms with Crippen molar-refractivity contribution in [1.82, 2.24) is 14.7 Å². The van der Waals surface area contributed by atoms with Crippen LogP contribution in [-0.4, -0.2) is 104 Å². The molecule has 2 aliphatic heterocycles. The molecular formula is C30H35N3O6. The molecule has 9 nitrogen and oxygen atoms in total. The highest BCUT2D eigenvalue weighted by Gasteiger charge is 2.33. The number of amides is 2. The minimum atomic E-state index is -0.594. The second-order valence-electron chi connectivity index (χ2n) is 9.97. The van der Waals surface area contributed by atoms with Gasteiger partial charge in [0.2, 0.25) is 0 Å². The van der Waals surface area contributed by atoms with Gasteiger partial charge >= 0.3 is 0 Å². The molecule has 9 heteroatoms. The van der Waals surface area contributed by atoms with Crippen molar-refractivity contribution in [2.24, 2.45) is 0 Å². The van der Waals surface area contributed by atoms with Gasteiger partial charge in [-0.25, -0.2) is 0 Å². The summed E-state index contributed by atoms with van der Waals surface area (Å²) in [7, 11) is 3.19. The third-order valence-electron chi connectivity index (χ3n) is 7.46. The minimum Gasteiger partial charge on any atom is -0.493 e. The molecule has 1 N–H and O–H groups in total. The van der Waals surface area contributed by atoms with Crippen molar-refractivity contribution in [1.29, 1.82) is 0 Å². The van der Waals surface area contributed by atoms with E-state index in [0.29, 0.717) is 48.9 Å². The molecule has 2 aliphatic rings. The van der Waals surface area contributed by atoms with E-state index in [2.05, 4.69) is 9.80 Å². The van der Waals surface area contributed by atoms with Crippen LogP contribution in [0.1, 0.15) is 26.3 Å². The Kier molecular flexibility index (Phi) is 8.42. The second kappa shape index (κ2) is 12.1. The third kappa shape index (κ3) is 5.91. The number of rotatable bonds is 11. The minimum absolute atomic E-state index is 0.223. The Bertz CT molecular complexity index is 1290. The summed E-state index contributed by atoms with van der Waals surface area (Å²) < 4.78 is 16.3. The molecule has 0 spiro atoms. The molecule has 2 heterocycles. The highest BCUT2D eigenvalue weighted by molar-refractivity contribution is 6.25. The standard InChI is InChI=1S/C30H35N3O6/c1-37-26-10-9-21(17-27(26)38-2)19-39-20-23(34)18-32-13-11-31(12-14-32)15-16-33-29(35)24-7-3-5-22-6-4-8-25(28(22)24)30(33)36/h3-10,17,23,34H,11-16,18-20H2,1-2H3/t23-/m1/s1. The first-order chi connectivity index (χ1) is 19.0. The Balaban J connectivity index is 1.05. The van der Waals surface area contributed by atoms with E-state index in [0.717, 1.165) is 42.5 Å². The Labute approximate surface area is 228 Å². The van der Waals surface area contributed by atoms with Crippen LogP contribution < -0.4 is 9.47 Å². The molecular weight excluding hydrogens is 498 g/mol. The first-order valence-corrected chi connectivity index (χ1v) is 13.3. The Hall–Kier alpha value is -3.50. The van der Waals surface area contributed by atoms with Crippen molar-refractivity contribution in [2.45, 2.75) is 12.7 Å². The maximum atomic E-state index is 13.1. The van der Waals surface area contributed by atoms with E-state index < -0.39 is 6.10 Å². The number of aliphatic hydroxyl groups excluding tert-OH is 1. The lowest BCUT2D eigenvalue weighted by atomic mass is 9.94. The predicted molar refractivity (Wildman–Crippen MR) is 147 cm³/mol.